The molecule has 2 unspecified atom stereocenters. The molecule has 0 N–H and O–H groups in total. The monoisotopic (exact) mass is 422 g/mol. The standard InChI is InChI=1S/C25H27ClN2O2/c1-15-5-8-19(9-6-15)22-23(27-13-16(2)11-17(3)14-27)25(30)28(24(22)29)20-10-7-18(4)21(26)12-20/h5-10,12,16-17H,11,13-14H2,1-4H3. The lowest BCUT2D eigenvalue weighted by Crippen LogP contribution is -2.42. The summed E-state index contributed by atoms with van der Waals surface area (Å²) in [6, 6.07) is 13.1. The summed E-state index contributed by atoms with van der Waals surface area (Å²) in [5.74, 6) is 0.374. The quantitative estimate of drug-likeness (QED) is 0.637. The van der Waals surface area contributed by atoms with Crippen LogP contribution < -0.4 is 4.90 Å². The molecule has 5 heteroatoms. The molecule has 0 spiro atoms. The average Bonchev–Trinajstić information content (AvgIpc) is 2.94. The van der Waals surface area contributed by atoms with Crippen molar-refractivity contribution in [2.24, 2.45) is 11.8 Å². The van der Waals surface area contributed by atoms with E-state index in [0.29, 0.717) is 33.8 Å². The molecule has 0 radical (unpaired) electrons. The molecule has 2 aromatic carbocycles. The van der Waals surface area contributed by atoms with Gasteiger partial charge in [-0.2, -0.15) is 0 Å². The molecule has 156 valence electrons. The Morgan fingerprint density at radius 2 is 1.53 bits per heavy atom. The van der Waals surface area contributed by atoms with Crippen molar-refractivity contribution in [1.82, 2.24) is 4.90 Å². The first kappa shape index (κ1) is 20.7. The Morgan fingerprint density at radius 3 is 2.13 bits per heavy atom. The first-order chi connectivity index (χ1) is 14.3. The number of hydrogen-bond acceptors (Lipinski definition) is 3. The summed E-state index contributed by atoms with van der Waals surface area (Å²) in [6.45, 7) is 9.86. The molecule has 0 saturated carbocycles. The van der Waals surface area contributed by atoms with Crippen molar-refractivity contribution in [3.8, 4) is 0 Å². The van der Waals surface area contributed by atoms with Gasteiger partial charge in [-0.25, -0.2) is 4.90 Å². The van der Waals surface area contributed by atoms with Crippen LogP contribution in [0.25, 0.3) is 5.57 Å². The average molecular weight is 423 g/mol. The Balaban J connectivity index is 1.84. The van der Waals surface area contributed by atoms with Gasteiger partial charge in [-0.05, 0) is 55.4 Å². The van der Waals surface area contributed by atoms with E-state index in [2.05, 4.69) is 18.7 Å². The van der Waals surface area contributed by atoms with E-state index in [0.717, 1.165) is 36.2 Å². The highest BCUT2D eigenvalue weighted by Gasteiger charge is 2.43. The predicted molar refractivity (Wildman–Crippen MR) is 121 cm³/mol. The van der Waals surface area contributed by atoms with E-state index in [1.165, 1.54) is 4.90 Å². The number of carbonyl (C=O) groups is 2. The SMILES string of the molecule is Cc1ccc(C2=C(N3CC(C)CC(C)C3)C(=O)N(c3ccc(C)c(Cl)c3)C2=O)cc1. The first-order valence-corrected chi connectivity index (χ1v) is 10.8. The molecule has 2 heterocycles. The van der Waals surface area contributed by atoms with Gasteiger partial charge in [-0.15, -0.1) is 0 Å². The summed E-state index contributed by atoms with van der Waals surface area (Å²) in [5, 5.41) is 0.540. The Morgan fingerprint density at radius 1 is 0.900 bits per heavy atom. The Labute approximate surface area is 183 Å². The van der Waals surface area contributed by atoms with Gasteiger partial charge < -0.3 is 4.90 Å². The normalized spacial score (nSPS) is 22.3. The lowest BCUT2D eigenvalue weighted by molar-refractivity contribution is -0.120. The maximum Gasteiger partial charge on any atom is 0.282 e. The van der Waals surface area contributed by atoms with Crippen LogP contribution in [-0.2, 0) is 9.59 Å². The third-order valence-electron chi connectivity index (χ3n) is 6.00. The lowest BCUT2D eigenvalue weighted by atomic mass is 9.91. The number of hydrogen-bond donors (Lipinski definition) is 0. The molecule has 2 atom stereocenters. The van der Waals surface area contributed by atoms with E-state index >= 15 is 0 Å². The molecule has 2 amide bonds. The molecular weight excluding hydrogens is 396 g/mol. The van der Waals surface area contributed by atoms with Crippen molar-refractivity contribution in [3.63, 3.8) is 0 Å². The van der Waals surface area contributed by atoms with E-state index in [1.807, 2.05) is 44.2 Å². The topological polar surface area (TPSA) is 40.6 Å². The smallest absolute Gasteiger partial charge is 0.282 e. The fourth-order valence-electron chi connectivity index (χ4n) is 4.59. The minimum Gasteiger partial charge on any atom is -0.366 e. The van der Waals surface area contributed by atoms with Gasteiger partial charge in [0.15, 0.2) is 0 Å². The van der Waals surface area contributed by atoms with Crippen LogP contribution in [0.4, 0.5) is 5.69 Å². The number of benzene rings is 2. The zero-order valence-corrected chi connectivity index (χ0v) is 18.7. The van der Waals surface area contributed by atoms with Crippen LogP contribution in [0.15, 0.2) is 48.2 Å². The molecule has 2 aromatic rings. The fourth-order valence-corrected chi connectivity index (χ4v) is 4.77. The second-order valence-corrected chi connectivity index (χ2v) is 9.23. The van der Waals surface area contributed by atoms with Crippen molar-refractivity contribution in [2.45, 2.75) is 34.1 Å². The van der Waals surface area contributed by atoms with Crippen LogP contribution in [0.2, 0.25) is 5.02 Å². The molecular formula is C25H27ClN2O2. The second kappa shape index (κ2) is 7.92. The number of likely N-dealkylation sites (tertiary alicyclic amines) is 1. The summed E-state index contributed by atoms with van der Waals surface area (Å²) in [6.07, 6.45) is 1.13. The zero-order chi connectivity index (χ0) is 21.6. The number of nitrogens with zero attached hydrogens (tertiary/aromatic N) is 2. The number of rotatable bonds is 3. The van der Waals surface area contributed by atoms with Crippen LogP contribution in [0.1, 0.15) is 37.0 Å². The maximum atomic E-state index is 13.6. The van der Waals surface area contributed by atoms with Gasteiger partial charge in [0.05, 0.1) is 11.3 Å². The number of piperidine rings is 1. The number of halogens is 1. The van der Waals surface area contributed by atoms with Gasteiger partial charge in [0.25, 0.3) is 11.8 Å². The number of aryl methyl sites for hydroxylation is 2. The Kier molecular flexibility index (Phi) is 5.46. The molecule has 1 fully saturated rings. The van der Waals surface area contributed by atoms with Crippen molar-refractivity contribution in [2.75, 3.05) is 18.0 Å². The number of carbonyl (C=O) groups excluding carboxylic acids is 2. The highest BCUT2D eigenvalue weighted by molar-refractivity contribution is 6.45. The van der Waals surface area contributed by atoms with Crippen molar-refractivity contribution < 1.29 is 9.59 Å². The van der Waals surface area contributed by atoms with Crippen molar-refractivity contribution in [1.29, 1.82) is 0 Å². The number of amides is 2. The van der Waals surface area contributed by atoms with E-state index in [1.54, 1.807) is 12.1 Å². The molecule has 0 aromatic heterocycles. The largest absolute Gasteiger partial charge is 0.366 e. The Hall–Kier alpha value is -2.59. The minimum absolute atomic E-state index is 0.267. The summed E-state index contributed by atoms with van der Waals surface area (Å²) < 4.78 is 0. The molecule has 2 aliphatic rings. The van der Waals surface area contributed by atoms with Gasteiger partial charge in [0.1, 0.15) is 5.70 Å². The van der Waals surface area contributed by atoms with Crippen LogP contribution in [-0.4, -0.2) is 29.8 Å². The summed E-state index contributed by atoms with van der Waals surface area (Å²) in [4.78, 5) is 30.6. The van der Waals surface area contributed by atoms with Gasteiger partial charge in [-0.1, -0.05) is 61.3 Å². The third-order valence-corrected chi connectivity index (χ3v) is 6.41. The summed E-state index contributed by atoms with van der Waals surface area (Å²) in [7, 11) is 0. The Bertz CT molecular complexity index is 1030. The van der Waals surface area contributed by atoms with Crippen molar-refractivity contribution in [3.05, 3.63) is 69.9 Å². The minimum atomic E-state index is -0.287. The van der Waals surface area contributed by atoms with E-state index in [9.17, 15) is 9.59 Å². The number of anilines is 1. The molecule has 1 saturated heterocycles. The van der Waals surface area contributed by atoms with Crippen molar-refractivity contribution >= 4 is 34.7 Å². The van der Waals surface area contributed by atoms with E-state index in [-0.39, 0.29) is 11.8 Å². The zero-order valence-electron chi connectivity index (χ0n) is 17.9. The lowest BCUT2D eigenvalue weighted by Gasteiger charge is -2.37. The van der Waals surface area contributed by atoms with E-state index in [4.69, 9.17) is 11.6 Å². The summed E-state index contributed by atoms with van der Waals surface area (Å²) >= 11 is 6.31. The van der Waals surface area contributed by atoms with Crippen LogP contribution in [0.5, 0.6) is 0 Å². The molecule has 0 aliphatic carbocycles. The van der Waals surface area contributed by atoms with Crippen LogP contribution >= 0.6 is 11.6 Å². The van der Waals surface area contributed by atoms with Gasteiger partial charge in [0.2, 0.25) is 0 Å². The molecule has 30 heavy (non-hydrogen) atoms. The van der Waals surface area contributed by atoms with Crippen LogP contribution in [0, 0.1) is 25.7 Å². The first-order valence-electron chi connectivity index (χ1n) is 10.5. The molecule has 0 bridgehead atoms. The molecule has 4 rings (SSSR count). The highest BCUT2D eigenvalue weighted by Crippen LogP contribution is 2.38. The van der Waals surface area contributed by atoms with Gasteiger partial charge in [-0.3, -0.25) is 9.59 Å². The fraction of sp³-hybridized carbons (Fsp3) is 0.360. The van der Waals surface area contributed by atoms with Crippen LogP contribution in [0.3, 0.4) is 0 Å². The molecule has 2 aliphatic heterocycles. The number of imide groups is 1. The molecule has 4 nitrogen and oxygen atoms in total. The predicted octanol–water partition coefficient (Wildman–Crippen LogP) is 5.22. The maximum absolute atomic E-state index is 13.6. The second-order valence-electron chi connectivity index (χ2n) is 8.82. The third kappa shape index (κ3) is 3.65. The van der Waals surface area contributed by atoms with E-state index < -0.39 is 0 Å². The van der Waals surface area contributed by atoms with Gasteiger partial charge in [0, 0.05) is 18.1 Å². The summed E-state index contributed by atoms with van der Waals surface area (Å²) in [5.41, 5.74) is 4.31. The van der Waals surface area contributed by atoms with Gasteiger partial charge >= 0.3 is 0 Å². The highest BCUT2D eigenvalue weighted by atomic mass is 35.5.